The molecule has 0 heterocycles. The van der Waals surface area contributed by atoms with E-state index in [9.17, 15) is 19.7 Å². The fourth-order valence-corrected chi connectivity index (χ4v) is 2.84. The number of nitro groups is 1. The van der Waals surface area contributed by atoms with Crippen LogP contribution in [0.5, 0.6) is 0 Å². The van der Waals surface area contributed by atoms with Crippen molar-refractivity contribution in [3.63, 3.8) is 0 Å². The van der Waals surface area contributed by atoms with E-state index in [4.69, 9.17) is 4.74 Å². The van der Waals surface area contributed by atoms with Gasteiger partial charge in [-0.3, -0.25) is 14.9 Å². The lowest BCUT2D eigenvalue weighted by atomic mass is 9.97. The highest BCUT2D eigenvalue weighted by atomic mass is 16.6. The lowest BCUT2D eigenvalue weighted by molar-refractivity contribution is -0.384. The van der Waals surface area contributed by atoms with E-state index in [0.29, 0.717) is 5.69 Å². The number of ketones is 1. The van der Waals surface area contributed by atoms with E-state index in [0.717, 1.165) is 12.8 Å². The van der Waals surface area contributed by atoms with Crippen molar-refractivity contribution in [3.8, 4) is 0 Å². The molecule has 1 N–H and O–H groups in total. The van der Waals surface area contributed by atoms with Gasteiger partial charge in [0, 0.05) is 23.2 Å². The van der Waals surface area contributed by atoms with Crippen LogP contribution in [0.2, 0.25) is 0 Å². The molecule has 7 nitrogen and oxygen atoms in total. The number of nitrogens with zero attached hydrogens (tertiary/aromatic N) is 1. The summed E-state index contributed by atoms with van der Waals surface area (Å²) in [5.74, 6) is -1.12. The van der Waals surface area contributed by atoms with Crippen LogP contribution in [0.25, 0.3) is 0 Å². The number of carbonyl (C=O) groups is 2. The Morgan fingerprint density at radius 2 is 1.85 bits per heavy atom. The van der Waals surface area contributed by atoms with Crippen LogP contribution in [0.4, 0.5) is 11.4 Å². The second-order valence-corrected chi connectivity index (χ2v) is 6.19. The maximum Gasteiger partial charge on any atom is 0.338 e. The van der Waals surface area contributed by atoms with E-state index in [-0.39, 0.29) is 28.4 Å². The predicted octanol–water partition coefficient (Wildman–Crippen LogP) is 4.21. The van der Waals surface area contributed by atoms with E-state index < -0.39 is 16.7 Å². The van der Waals surface area contributed by atoms with Crippen LogP contribution in [0.15, 0.2) is 42.5 Å². The van der Waals surface area contributed by atoms with Crippen LogP contribution >= 0.6 is 0 Å². The van der Waals surface area contributed by atoms with Crippen LogP contribution in [0.3, 0.4) is 0 Å². The molecule has 1 atom stereocenters. The van der Waals surface area contributed by atoms with Crippen LogP contribution in [-0.4, -0.2) is 29.8 Å². The van der Waals surface area contributed by atoms with Gasteiger partial charge in [-0.2, -0.15) is 0 Å². The molecule has 2 aromatic rings. The minimum atomic E-state index is -0.639. The zero-order valence-corrected chi connectivity index (χ0v) is 15.5. The Morgan fingerprint density at radius 1 is 1.19 bits per heavy atom. The number of rotatable bonds is 8. The summed E-state index contributed by atoms with van der Waals surface area (Å²) in [4.78, 5) is 35.7. The summed E-state index contributed by atoms with van der Waals surface area (Å²) in [5.41, 5.74) is 0.565. The molecule has 142 valence electrons. The van der Waals surface area contributed by atoms with E-state index >= 15 is 0 Å². The number of methoxy groups -OCH3 is 1. The Balaban J connectivity index is 2.42. The summed E-state index contributed by atoms with van der Waals surface area (Å²) in [6.45, 7) is 3.98. The van der Waals surface area contributed by atoms with E-state index in [1.54, 1.807) is 12.1 Å². The van der Waals surface area contributed by atoms with Crippen molar-refractivity contribution < 1.29 is 19.2 Å². The molecule has 0 saturated carbocycles. The number of hydrogen-bond acceptors (Lipinski definition) is 6. The Morgan fingerprint density at radius 3 is 2.44 bits per heavy atom. The number of carbonyl (C=O) groups excluding carboxylic acids is 2. The monoisotopic (exact) mass is 370 g/mol. The Bertz CT molecular complexity index is 863. The third-order valence-electron chi connectivity index (χ3n) is 4.16. The van der Waals surface area contributed by atoms with Crippen molar-refractivity contribution in [2.75, 3.05) is 12.4 Å². The Labute approximate surface area is 157 Å². The number of nitro benzene ring substituents is 1. The molecule has 0 aliphatic heterocycles. The molecule has 0 unspecified atom stereocenters. The van der Waals surface area contributed by atoms with Crippen LogP contribution in [-0.2, 0) is 4.74 Å². The zero-order valence-electron chi connectivity index (χ0n) is 15.5. The summed E-state index contributed by atoms with van der Waals surface area (Å²) in [7, 11) is 1.23. The van der Waals surface area contributed by atoms with Crippen molar-refractivity contribution in [1.82, 2.24) is 0 Å². The van der Waals surface area contributed by atoms with Crippen LogP contribution in [0, 0.1) is 10.1 Å². The second-order valence-electron chi connectivity index (χ2n) is 6.19. The van der Waals surface area contributed by atoms with Crippen molar-refractivity contribution in [2.24, 2.45) is 0 Å². The molecule has 0 fully saturated rings. The number of hydrogen-bond donors (Lipinski definition) is 1. The van der Waals surface area contributed by atoms with Gasteiger partial charge in [0.2, 0.25) is 0 Å². The fourth-order valence-electron chi connectivity index (χ4n) is 2.84. The molecule has 7 heteroatoms. The van der Waals surface area contributed by atoms with E-state index in [1.165, 1.54) is 37.4 Å². The maximum atomic E-state index is 12.8. The molecule has 27 heavy (non-hydrogen) atoms. The van der Waals surface area contributed by atoms with Gasteiger partial charge in [-0.25, -0.2) is 4.79 Å². The van der Waals surface area contributed by atoms with E-state index in [2.05, 4.69) is 5.32 Å². The Kier molecular flexibility index (Phi) is 6.65. The molecule has 0 radical (unpaired) electrons. The summed E-state index contributed by atoms with van der Waals surface area (Å²) in [5, 5.41) is 14.6. The first-order valence-electron chi connectivity index (χ1n) is 8.66. The SMILES string of the molecule is CCC[C@@H](C)Nc1ccc(C(=O)c2ccccc2C(=O)OC)cc1[N+](=O)[O-]. The van der Waals surface area contributed by atoms with Gasteiger partial charge in [0.05, 0.1) is 17.6 Å². The maximum absolute atomic E-state index is 12.8. The van der Waals surface area contributed by atoms with Gasteiger partial charge in [-0.15, -0.1) is 0 Å². The topological polar surface area (TPSA) is 98.5 Å². The smallest absolute Gasteiger partial charge is 0.338 e. The summed E-state index contributed by atoms with van der Waals surface area (Å²) in [6.07, 6.45) is 1.81. The summed E-state index contributed by atoms with van der Waals surface area (Å²) >= 11 is 0. The molecule has 0 aliphatic rings. The number of benzene rings is 2. The first-order valence-corrected chi connectivity index (χ1v) is 8.66. The third kappa shape index (κ3) is 4.69. The second kappa shape index (κ2) is 8.93. The van der Waals surface area contributed by atoms with Crippen LogP contribution < -0.4 is 5.32 Å². The predicted molar refractivity (Wildman–Crippen MR) is 102 cm³/mol. The van der Waals surface area contributed by atoms with Gasteiger partial charge >= 0.3 is 5.97 Å². The van der Waals surface area contributed by atoms with E-state index in [1.807, 2.05) is 13.8 Å². The normalized spacial score (nSPS) is 11.5. The van der Waals surface area contributed by atoms with Gasteiger partial charge in [-0.1, -0.05) is 31.5 Å². The van der Waals surface area contributed by atoms with Crippen molar-refractivity contribution >= 4 is 23.1 Å². The standard InChI is InChI=1S/C20H22N2O5/c1-4-7-13(2)21-17-11-10-14(12-18(17)22(25)26)19(23)15-8-5-6-9-16(15)20(24)27-3/h5-6,8-13,21H,4,7H2,1-3H3/t13-/m1/s1. The van der Waals surface area contributed by atoms with Gasteiger partial charge in [0.1, 0.15) is 5.69 Å². The molecule has 0 bridgehead atoms. The number of esters is 1. The highest BCUT2D eigenvalue weighted by molar-refractivity contribution is 6.14. The van der Waals surface area contributed by atoms with Crippen molar-refractivity contribution in [1.29, 1.82) is 0 Å². The van der Waals surface area contributed by atoms with Crippen LogP contribution in [0.1, 0.15) is 53.0 Å². The summed E-state index contributed by atoms with van der Waals surface area (Å²) in [6, 6.07) is 10.6. The minimum Gasteiger partial charge on any atom is -0.465 e. The quantitative estimate of drug-likeness (QED) is 0.323. The molecule has 2 aromatic carbocycles. The number of anilines is 1. The highest BCUT2D eigenvalue weighted by Gasteiger charge is 2.22. The molecule has 0 aromatic heterocycles. The number of ether oxygens (including phenoxy) is 1. The van der Waals surface area contributed by atoms with Gasteiger partial charge < -0.3 is 10.1 Å². The minimum absolute atomic E-state index is 0.0651. The molecular weight excluding hydrogens is 348 g/mol. The largest absolute Gasteiger partial charge is 0.465 e. The fraction of sp³-hybridized carbons (Fsp3) is 0.300. The lowest BCUT2D eigenvalue weighted by Crippen LogP contribution is -2.16. The highest BCUT2D eigenvalue weighted by Crippen LogP contribution is 2.28. The average Bonchev–Trinajstić information content (AvgIpc) is 2.67. The average molecular weight is 370 g/mol. The molecule has 0 spiro atoms. The summed E-state index contributed by atoms with van der Waals surface area (Å²) < 4.78 is 4.70. The Hall–Kier alpha value is -3.22. The molecule has 0 aliphatic carbocycles. The molecule has 2 rings (SSSR count). The van der Waals surface area contributed by atoms with Crippen molar-refractivity contribution in [3.05, 3.63) is 69.3 Å². The van der Waals surface area contributed by atoms with Gasteiger partial charge in [-0.05, 0) is 31.5 Å². The van der Waals surface area contributed by atoms with Gasteiger partial charge in [0.15, 0.2) is 5.78 Å². The first kappa shape index (κ1) is 20.1. The first-order chi connectivity index (χ1) is 12.9. The number of nitrogens with one attached hydrogen (secondary N) is 1. The zero-order chi connectivity index (χ0) is 20.0. The lowest BCUT2D eigenvalue weighted by Gasteiger charge is -2.15. The molecule has 0 saturated heterocycles. The third-order valence-corrected chi connectivity index (χ3v) is 4.16. The molecule has 0 amide bonds. The van der Waals surface area contributed by atoms with Gasteiger partial charge in [0.25, 0.3) is 5.69 Å². The van der Waals surface area contributed by atoms with Crippen molar-refractivity contribution in [2.45, 2.75) is 32.7 Å². The molecular formula is C20H22N2O5.